The molecule has 2 aromatic rings. The Bertz CT molecular complexity index is 1150. The minimum atomic E-state index is -4.34. The van der Waals surface area contributed by atoms with Crippen molar-refractivity contribution in [2.45, 2.75) is 71.5 Å². The number of carbonyl (C=O) groups excluding carboxylic acids is 1. The van der Waals surface area contributed by atoms with Gasteiger partial charge < -0.3 is 5.32 Å². The molecule has 0 aliphatic heterocycles. The van der Waals surface area contributed by atoms with Gasteiger partial charge >= 0.3 is 6.18 Å². The zero-order valence-corrected chi connectivity index (χ0v) is 20.2. The molecule has 0 spiro atoms. The summed E-state index contributed by atoms with van der Waals surface area (Å²) >= 11 is 0. The molecule has 1 aromatic carbocycles. The normalized spacial score (nSPS) is 19.1. The molecular weight excluding hydrogens is 441 g/mol. The molecule has 5 nitrogen and oxygen atoms in total. The van der Waals surface area contributed by atoms with Crippen molar-refractivity contribution < 1.29 is 18.0 Å². The quantitative estimate of drug-likeness (QED) is 0.543. The van der Waals surface area contributed by atoms with E-state index in [-0.39, 0.29) is 29.7 Å². The van der Waals surface area contributed by atoms with Crippen LogP contribution < -0.4 is 5.32 Å². The van der Waals surface area contributed by atoms with Crippen molar-refractivity contribution >= 4 is 11.5 Å². The number of aromatic nitrogens is 3. The number of hydrogen-bond acceptors (Lipinski definition) is 3. The highest BCUT2D eigenvalue weighted by molar-refractivity contribution is 5.96. The number of carbonyl (C=O) groups is 1. The number of halogens is 3. The van der Waals surface area contributed by atoms with Gasteiger partial charge in [0.1, 0.15) is 12.2 Å². The van der Waals surface area contributed by atoms with E-state index in [0.717, 1.165) is 35.9 Å². The second-order valence-electron chi connectivity index (χ2n) is 10.3. The molecule has 8 heteroatoms. The van der Waals surface area contributed by atoms with E-state index >= 15 is 0 Å². The molecule has 0 radical (unpaired) electrons. The van der Waals surface area contributed by atoms with E-state index in [1.807, 2.05) is 38.3 Å². The molecule has 1 unspecified atom stereocenters. The maximum Gasteiger partial charge on any atom is 0.412 e. The van der Waals surface area contributed by atoms with Gasteiger partial charge in [0, 0.05) is 28.3 Å². The lowest BCUT2D eigenvalue weighted by Crippen LogP contribution is -2.45. The molecule has 182 valence electrons. The lowest BCUT2D eigenvalue weighted by molar-refractivity contribution is -0.0948. The number of alkyl halides is 3. The predicted molar refractivity (Wildman–Crippen MR) is 126 cm³/mol. The largest absolute Gasteiger partial charge is 0.412 e. The molecule has 2 aliphatic rings. The number of rotatable bonds is 6. The summed E-state index contributed by atoms with van der Waals surface area (Å²) in [4.78, 5) is 13.3. The maximum absolute atomic E-state index is 13.3. The topological polar surface area (TPSA) is 59.8 Å². The number of benzene rings is 1. The van der Waals surface area contributed by atoms with E-state index in [4.69, 9.17) is 0 Å². The summed E-state index contributed by atoms with van der Waals surface area (Å²) in [7, 11) is 0. The molecule has 2 aliphatic carbocycles. The Hall–Kier alpha value is -2.90. The third-order valence-corrected chi connectivity index (χ3v) is 6.80. The van der Waals surface area contributed by atoms with Crippen LogP contribution in [0.4, 0.5) is 13.2 Å². The third-order valence-electron chi connectivity index (χ3n) is 6.80. The van der Waals surface area contributed by atoms with Gasteiger partial charge in [-0.2, -0.15) is 13.2 Å². The van der Waals surface area contributed by atoms with Crippen LogP contribution in [0.15, 0.2) is 42.3 Å². The van der Waals surface area contributed by atoms with E-state index in [0.29, 0.717) is 17.2 Å². The summed E-state index contributed by atoms with van der Waals surface area (Å²) in [5.74, 6) is 0.751. The van der Waals surface area contributed by atoms with Crippen molar-refractivity contribution in [2.75, 3.05) is 0 Å². The number of allylic oxidation sites excluding steroid dienone is 4. The van der Waals surface area contributed by atoms with Gasteiger partial charge in [-0.05, 0) is 74.3 Å². The molecule has 4 rings (SSSR count). The number of hydrogen-bond donors (Lipinski definition) is 1. The standard InChI is InChI=1S/C26H31F3N4O/c1-15(2)23-32-30-14-33(23)21-12-17(22-9-8-20(10-16(22)3)26(27,28)29)11-18(13-21)24(34)31-25(4,5)19-6-7-19/h8-9,11-16,19H,6-7,10H2,1-5H3,(H,31,34). The van der Waals surface area contributed by atoms with Crippen molar-refractivity contribution in [3.05, 3.63) is 59.2 Å². The first kappa shape index (κ1) is 24.2. The molecular formula is C26H31F3N4O. The molecule has 1 fully saturated rings. The third kappa shape index (κ3) is 4.95. The van der Waals surface area contributed by atoms with Crippen LogP contribution >= 0.6 is 0 Å². The van der Waals surface area contributed by atoms with E-state index in [1.165, 1.54) is 6.08 Å². The molecule has 1 heterocycles. The van der Waals surface area contributed by atoms with Crippen LogP contribution in [-0.4, -0.2) is 32.4 Å². The fourth-order valence-electron chi connectivity index (χ4n) is 4.61. The van der Waals surface area contributed by atoms with E-state index in [1.54, 1.807) is 25.4 Å². The van der Waals surface area contributed by atoms with Crippen molar-refractivity contribution in [1.82, 2.24) is 20.1 Å². The minimum Gasteiger partial charge on any atom is -0.347 e. The molecule has 1 atom stereocenters. The highest BCUT2D eigenvalue weighted by Gasteiger charge is 2.39. The summed E-state index contributed by atoms with van der Waals surface area (Å²) in [5, 5.41) is 11.4. The zero-order valence-electron chi connectivity index (χ0n) is 20.2. The molecule has 0 bridgehead atoms. The fraction of sp³-hybridized carbons (Fsp3) is 0.500. The van der Waals surface area contributed by atoms with E-state index < -0.39 is 11.7 Å². The van der Waals surface area contributed by atoms with Crippen molar-refractivity contribution in [1.29, 1.82) is 0 Å². The Labute approximate surface area is 198 Å². The first-order valence-corrected chi connectivity index (χ1v) is 11.7. The Balaban J connectivity index is 1.79. The van der Waals surface area contributed by atoms with Crippen LogP contribution in [-0.2, 0) is 0 Å². The maximum atomic E-state index is 13.3. The molecule has 1 N–H and O–H groups in total. The Morgan fingerprint density at radius 1 is 1.15 bits per heavy atom. The van der Waals surface area contributed by atoms with Crippen molar-refractivity contribution in [3.63, 3.8) is 0 Å². The van der Waals surface area contributed by atoms with Crippen molar-refractivity contribution in [3.8, 4) is 5.69 Å². The second kappa shape index (κ2) is 8.71. The molecule has 1 amide bonds. The predicted octanol–water partition coefficient (Wildman–Crippen LogP) is 6.22. The number of amides is 1. The van der Waals surface area contributed by atoms with Crippen LogP contribution in [0.3, 0.4) is 0 Å². The van der Waals surface area contributed by atoms with E-state index in [9.17, 15) is 18.0 Å². The van der Waals surface area contributed by atoms with Crippen LogP contribution in [0.1, 0.15) is 81.5 Å². The summed E-state index contributed by atoms with van der Waals surface area (Å²) in [6.45, 7) is 9.85. The first-order chi connectivity index (χ1) is 15.9. The van der Waals surface area contributed by atoms with Gasteiger partial charge in [0.15, 0.2) is 0 Å². The van der Waals surface area contributed by atoms with Crippen LogP contribution in [0.2, 0.25) is 0 Å². The second-order valence-corrected chi connectivity index (χ2v) is 10.3. The highest BCUT2D eigenvalue weighted by atomic mass is 19.4. The molecule has 1 aromatic heterocycles. The van der Waals surface area contributed by atoms with Gasteiger partial charge in [0.2, 0.25) is 0 Å². The van der Waals surface area contributed by atoms with Gasteiger partial charge in [0.05, 0.1) is 0 Å². The average Bonchev–Trinajstić information content (AvgIpc) is 3.50. The van der Waals surface area contributed by atoms with Crippen LogP contribution in [0, 0.1) is 11.8 Å². The van der Waals surface area contributed by atoms with Gasteiger partial charge in [-0.15, -0.1) is 10.2 Å². The Morgan fingerprint density at radius 3 is 2.44 bits per heavy atom. The summed E-state index contributed by atoms with van der Waals surface area (Å²) in [6, 6.07) is 5.46. The Morgan fingerprint density at radius 2 is 1.85 bits per heavy atom. The summed E-state index contributed by atoms with van der Waals surface area (Å²) in [6.07, 6.45) is 2.03. The summed E-state index contributed by atoms with van der Waals surface area (Å²) in [5.41, 5.74) is 1.80. The number of nitrogens with zero attached hydrogens (tertiary/aromatic N) is 3. The smallest absolute Gasteiger partial charge is 0.347 e. The minimum absolute atomic E-state index is 0.0975. The Kier molecular flexibility index (Phi) is 6.21. The van der Waals surface area contributed by atoms with Gasteiger partial charge in [-0.3, -0.25) is 9.36 Å². The first-order valence-electron chi connectivity index (χ1n) is 11.7. The van der Waals surface area contributed by atoms with E-state index in [2.05, 4.69) is 15.5 Å². The van der Waals surface area contributed by atoms with Gasteiger partial charge in [0.25, 0.3) is 5.91 Å². The molecule has 1 saturated carbocycles. The fourth-order valence-corrected chi connectivity index (χ4v) is 4.61. The highest BCUT2D eigenvalue weighted by Crippen LogP contribution is 2.41. The average molecular weight is 473 g/mol. The summed E-state index contributed by atoms with van der Waals surface area (Å²) < 4.78 is 41.6. The zero-order chi connectivity index (χ0) is 24.8. The lowest BCUT2D eigenvalue weighted by Gasteiger charge is -2.27. The monoisotopic (exact) mass is 472 g/mol. The molecule has 34 heavy (non-hydrogen) atoms. The van der Waals surface area contributed by atoms with Gasteiger partial charge in [-0.25, -0.2) is 0 Å². The molecule has 0 saturated heterocycles. The van der Waals surface area contributed by atoms with Crippen molar-refractivity contribution in [2.24, 2.45) is 11.8 Å². The number of nitrogens with one attached hydrogen (secondary N) is 1. The SMILES string of the molecule is CC1CC(C(F)(F)F)=CC=C1c1cc(C(=O)NC(C)(C)C2CC2)cc(-n2cnnc2C(C)C)c1. The van der Waals surface area contributed by atoms with Crippen LogP contribution in [0.25, 0.3) is 11.3 Å². The van der Waals surface area contributed by atoms with Crippen LogP contribution in [0.5, 0.6) is 0 Å². The van der Waals surface area contributed by atoms with Gasteiger partial charge in [-0.1, -0.05) is 32.9 Å². The lowest BCUT2D eigenvalue weighted by atomic mass is 9.83.